The topological polar surface area (TPSA) is 122 Å². The quantitative estimate of drug-likeness (QED) is 0.140. The van der Waals surface area contributed by atoms with E-state index in [0.29, 0.717) is 63.0 Å². The molecule has 0 aliphatic heterocycles. The number of aliphatic hydroxyl groups is 2. The van der Waals surface area contributed by atoms with Gasteiger partial charge in [-0.25, -0.2) is 4.98 Å². The minimum Gasteiger partial charge on any atom is -0.493 e. The van der Waals surface area contributed by atoms with Crippen LogP contribution in [0.3, 0.4) is 0 Å². The van der Waals surface area contributed by atoms with Crippen molar-refractivity contribution in [1.82, 2.24) is 4.98 Å². The molecule has 0 saturated heterocycles. The van der Waals surface area contributed by atoms with Crippen LogP contribution in [0.1, 0.15) is 29.1 Å². The van der Waals surface area contributed by atoms with Crippen LogP contribution >= 0.6 is 0 Å². The molecule has 0 spiro atoms. The maximum Gasteiger partial charge on any atom is 0.226 e. The van der Waals surface area contributed by atoms with E-state index in [1.807, 2.05) is 43.3 Å². The number of oxazole rings is 1. The van der Waals surface area contributed by atoms with Crippen LogP contribution in [0.4, 0.5) is 0 Å². The first-order valence-corrected chi connectivity index (χ1v) is 14.6. The summed E-state index contributed by atoms with van der Waals surface area (Å²) in [6, 6.07) is 25.3. The number of aromatic nitrogens is 1. The first-order chi connectivity index (χ1) is 22.3. The first-order valence-electron chi connectivity index (χ1n) is 14.6. The van der Waals surface area contributed by atoms with E-state index in [4.69, 9.17) is 37.8 Å². The summed E-state index contributed by atoms with van der Waals surface area (Å²) >= 11 is 0. The number of nitrogens with zero attached hydrogens (tertiary/aromatic N) is 1. The lowest BCUT2D eigenvalue weighted by Crippen LogP contribution is -2.10. The molecule has 1 heterocycles. The van der Waals surface area contributed by atoms with Crippen molar-refractivity contribution in [2.75, 3.05) is 41.7 Å². The number of aryl methyl sites for hydroxylation is 1. The molecule has 0 saturated carbocycles. The van der Waals surface area contributed by atoms with Crippen molar-refractivity contribution >= 4 is 0 Å². The van der Waals surface area contributed by atoms with Gasteiger partial charge in [0.15, 0.2) is 23.0 Å². The van der Waals surface area contributed by atoms with Crippen LogP contribution in [0, 0.1) is 6.92 Å². The van der Waals surface area contributed by atoms with Crippen molar-refractivity contribution in [2.24, 2.45) is 0 Å². The first kappa shape index (κ1) is 32.2. The largest absolute Gasteiger partial charge is 0.493 e. The third kappa shape index (κ3) is 7.36. The van der Waals surface area contributed by atoms with E-state index in [0.717, 1.165) is 11.1 Å². The Morgan fingerprint density at radius 3 is 1.46 bits per heavy atom. The van der Waals surface area contributed by atoms with Gasteiger partial charge in [0.2, 0.25) is 5.89 Å². The van der Waals surface area contributed by atoms with Gasteiger partial charge in [0.1, 0.15) is 48.4 Å². The third-order valence-electron chi connectivity index (χ3n) is 7.43. The molecule has 2 unspecified atom stereocenters. The molecule has 4 aromatic carbocycles. The second-order valence-electron chi connectivity index (χ2n) is 10.4. The zero-order chi connectivity index (χ0) is 32.6. The standard InChI is InChI=1S/C36H37NO9/c1-22-35(23-6-12-27(13-7-23)44-20-29(38)25-10-16-31(40-2)33(18-25)42-4)37-36(46-22)24-8-14-28(15-9-24)45-21-30(39)26-11-17-32(41-3)34(19-26)43-5/h6-19,29-30,38-39H,20-21H2,1-5H3. The van der Waals surface area contributed by atoms with Crippen LogP contribution in [0.15, 0.2) is 89.3 Å². The Kier molecular flexibility index (Phi) is 10.3. The van der Waals surface area contributed by atoms with Crippen LogP contribution in [0.2, 0.25) is 0 Å². The smallest absolute Gasteiger partial charge is 0.226 e. The van der Waals surface area contributed by atoms with Crippen molar-refractivity contribution in [2.45, 2.75) is 19.1 Å². The predicted molar refractivity (Wildman–Crippen MR) is 172 cm³/mol. The number of hydrogen-bond acceptors (Lipinski definition) is 10. The lowest BCUT2D eigenvalue weighted by atomic mass is 10.1. The Hall–Kier alpha value is -5.19. The van der Waals surface area contributed by atoms with E-state index in [9.17, 15) is 10.2 Å². The average molecular weight is 628 g/mol. The Morgan fingerprint density at radius 2 is 1.02 bits per heavy atom. The predicted octanol–water partition coefficient (Wildman–Crippen LogP) is 6.58. The highest BCUT2D eigenvalue weighted by Crippen LogP contribution is 2.33. The number of hydrogen-bond donors (Lipinski definition) is 2. The van der Waals surface area contributed by atoms with Gasteiger partial charge in [-0.15, -0.1) is 0 Å². The van der Waals surface area contributed by atoms with E-state index in [1.165, 1.54) is 0 Å². The summed E-state index contributed by atoms with van der Waals surface area (Å²) in [5.41, 5.74) is 3.68. The van der Waals surface area contributed by atoms with Gasteiger partial charge < -0.3 is 43.1 Å². The van der Waals surface area contributed by atoms with E-state index in [1.54, 1.807) is 77.0 Å². The van der Waals surface area contributed by atoms with Crippen molar-refractivity contribution in [3.63, 3.8) is 0 Å². The fourth-order valence-corrected chi connectivity index (χ4v) is 4.85. The van der Waals surface area contributed by atoms with Gasteiger partial charge in [0.25, 0.3) is 0 Å². The summed E-state index contributed by atoms with van der Waals surface area (Å²) in [5.74, 6) is 4.61. The number of rotatable bonds is 14. The summed E-state index contributed by atoms with van der Waals surface area (Å²) in [6.07, 6.45) is -1.70. The third-order valence-corrected chi connectivity index (χ3v) is 7.43. The minimum atomic E-state index is -0.851. The van der Waals surface area contributed by atoms with Gasteiger partial charge in [-0.3, -0.25) is 0 Å². The Labute approximate surface area is 267 Å². The maximum absolute atomic E-state index is 10.6. The van der Waals surface area contributed by atoms with Gasteiger partial charge in [-0.05, 0) is 90.8 Å². The molecule has 5 rings (SSSR count). The summed E-state index contributed by atoms with van der Waals surface area (Å²) in [5, 5.41) is 21.2. The lowest BCUT2D eigenvalue weighted by molar-refractivity contribution is 0.108. The molecule has 2 atom stereocenters. The van der Waals surface area contributed by atoms with Crippen molar-refractivity contribution in [3.8, 4) is 57.2 Å². The van der Waals surface area contributed by atoms with E-state index in [-0.39, 0.29) is 13.2 Å². The molecule has 10 heteroatoms. The highest BCUT2D eigenvalue weighted by atomic mass is 16.5. The summed E-state index contributed by atoms with van der Waals surface area (Å²) in [7, 11) is 6.23. The molecular weight excluding hydrogens is 590 g/mol. The second-order valence-corrected chi connectivity index (χ2v) is 10.4. The molecule has 5 aromatic rings. The van der Waals surface area contributed by atoms with E-state index in [2.05, 4.69) is 0 Å². The highest BCUT2D eigenvalue weighted by molar-refractivity contribution is 5.66. The van der Waals surface area contributed by atoms with Gasteiger partial charge in [-0.1, -0.05) is 12.1 Å². The lowest BCUT2D eigenvalue weighted by Gasteiger charge is -2.15. The maximum atomic E-state index is 10.6. The zero-order valence-electron chi connectivity index (χ0n) is 26.4. The van der Waals surface area contributed by atoms with Crippen molar-refractivity contribution < 1.29 is 43.1 Å². The molecular formula is C36H37NO9. The second kappa shape index (κ2) is 14.7. The molecule has 1 aromatic heterocycles. The Balaban J connectivity index is 1.18. The summed E-state index contributed by atoms with van der Waals surface area (Å²) in [6.45, 7) is 1.99. The fraction of sp³-hybridized carbons (Fsp3) is 0.250. The average Bonchev–Trinajstić information content (AvgIpc) is 3.50. The molecule has 0 fully saturated rings. The molecule has 0 radical (unpaired) electrons. The number of methoxy groups -OCH3 is 4. The number of ether oxygens (including phenoxy) is 6. The van der Waals surface area contributed by atoms with Gasteiger partial charge >= 0.3 is 0 Å². The minimum absolute atomic E-state index is 0.0615. The monoisotopic (exact) mass is 627 g/mol. The molecule has 10 nitrogen and oxygen atoms in total. The van der Waals surface area contributed by atoms with Gasteiger partial charge in [0, 0.05) is 11.1 Å². The molecule has 0 aliphatic rings. The zero-order valence-corrected chi connectivity index (χ0v) is 26.4. The Bertz CT molecular complexity index is 1730. The highest BCUT2D eigenvalue weighted by Gasteiger charge is 2.16. The molecule has 2 N–H and O–H groups in total. The van der Waals surface area contributed by atoms with Crippen molar-refractivity contribution in [1.29, 1.82) is 0 Å². The molecule has 46 heavy (non-hydrogen) atoms. The number of aliphatic hydroxyl groups excluding tert-OH is 2. The van der Waals surface area contributed by atoms with Crippen LogP contribution in [-0.2, 0) is 0 Å². The fourth-order valence-electron chi connectivity index (χ4n) is 4.85. The normalized spacial score (nSPS) is 12.2. The van der Waals surface area contributed by atoms with Crippen LogP contribution in [0.5, 0.6) is 34.5 Å². The van der Waals surface area contributed by atoms with Gasteiger partial charge in [-0.2, -0.15) is 0 Å². The molecule has 0 amide bonds. The van der Waals surface area contributed by atoms with E-state index >= 15 is 0 Å². The molecule has 0 aliphatic carbocycles. The van der Waals surface area contributed by atoms with Crippen LogP contribution in [-0.4, -0.2) is 56.8 Å². The SMILES string of the molecule is COc1ccc(C(O)COc2ccc(-c3nc(-c4ccc(OCC(O)c5ccc(OC)c(OC)c5)cc4)c(C)o3)cc2)cc1OC. The van der Waals surface area contributed by atoms with Crippen LogP contribution < -0.4 is 28.4 Å². The number of benzene rings is 4. The van der Waals surface area contributed by atoms with Gasteiger partial charge in [0.05, 0.1) is 28.4 Å². The Morgan fingerprint density at radius 1 is 0.587 bits per heavy atom. The van der Waals surface area contributed by atoms with Crippen LogP contribution in [0.25, 0.3) is 22.7 Å². The summed E-state index contributed by atoms with van der Waals surface area (Å²) < 4.78 is 38.8. The molecule has 0 bridgehead atoms. The summed E-state index contributed by atoms with van der Waals surface area (Å²) in [4.78, 5) is 4.73. The van der Waals surface area contributed by atoms with E-state index < -0.39 is 12.2 Å². The van der Waals surface area contributed by atoms with Crippen molar-refractivity contribution in [3.05, 3.63) is 102 Å². The molecule has 240 valence electrons.